The summed E-state index contributed by atoms with van der Waals surface area (Å²) in [5.74, 6) is -0.0811. The van der Waals surface area contributed by atoms with E-state index < -0.39 is 0 Å². The summed E-state index contributed by atoms with van der Waals surface area (Å²) in [5, 5.41) is 2.84. The van der Waals surface area contributed by atoms with Gasteiger partial charge in [-0.3, -0.25) is 9.78 Å². The Bertz CT molecular complexity index is 520. The largest absolute Gasteiger partial charge is 0.352 e. The summed E-state index contributed by atoms with van der Waals surface area (Å²) >= 11 is 0. The molecule has 1 amide bonds. The first-order valence-electron chi connectivity index (χ1n) is 6.16. The molecule has 0 aliphatic rings. The minimum atomic E-state index is -0.0811. The third kappa shape index (κ3) is 4.75. The molecule has 0 atom stereocenters. The van der Waals surface area contributed by atoms with Crippen molar-refractivity contribution in [1.82, 2.24) is 19.9 Å². The molecule has 5 heteroatoms. The van der Waals surface area contributed by atoms with Crippen LogP contribution in [0.3, 0.4) is 0 Å². The average Bonchev–Trinajstić information content (AvgIpc) is 2.96. The molecular weight excluding hydrogens is 240 g/mol. The Labute approximate surface area is 112 Å². The summed E-state index contributed by atoms with van der Waals surface area (Å²) in [7, 11) is 0. The van der Waals surface area contributed by atoms with Gasteiger partial charge in [0.25, 0.3) is 0 Å². The second-order valence-corrected chi connectivity index (χ2v) is 4.06. The predicted octanol–water partition coefficient (Wildman–Crippen LogP) is 1.50. The zero-order valence-corrected chi connectivity index (χ0v) is 10.6. The first-order chi connectivity index (χ1) is 9.34. The van der Waals surface area contributed by atoms with Crippen LogP contribution in [-0.4, -0.2) is 27.0 Å². The zero-order valence-electron chi connectivity index (χ0n) is 10.6. The highest BCUT2D eigenvalue weighted by Gasteiger charge is 1.95. The van der Waals surface area contributed by atoms with Crippen LogP contribution >= 0.6 is 0 Å². The smallest absolute Gasteiger partial charge is 0.244 e. The van der Waals surface area contributed by atoms with Crippen LogP contribution in [0.5, 0.6) is 0 Å². The fourth-order valence-corrected chi connectivity index (χ4v) is 1.60. The summed E-state index contributed by atoms with van der Waals surface area (Å²) in [4.78, 5) is 19.4. The fourth-order valence-electron chi connectivity index (χ4n) is 1.60. The number of carbonyl (C=O) groups excluding carboxylic acids is 1. The van der Waals surface area contributed by atoms with Crippen LogP contribution in [0, 0.1) is 0 Å². The lowest BCUT2D eigenvalue weighted by molar-refractivity contribution is -0.116. The maximum atomic E-state index is 11.5. The number of aryl methyl sites for hydroxylation is 1. The normalized spacial score (nSPS) is 10.7. The van der Waals surface area contributed by atoms with Crippen molar-refractivity contribution < 1.29 is 4.79 Å². The second kappa shape index (κ2) is 7.10. The van der Waals surface area contributed by atoms with Crippen molar-refractivity contribution in [3.05, 3.63) is 54.9 Å². The summed E-state index contributed by atoms with van der Waals surface area (Å²) in [6.45, 7) is 1.51. The Balaban J connectivity index is 1.66. The van der Waals surface area contributed by atoms with E-state index in [2.05, 4.69) is 15.3 Å². The number of carbonyl (C=O) groups is 1. The van der Waals surface area contributed by atoms with E-state index in [1.165, 1.54) is 6.08 Å². The van der Waals surface area contributed by atoms with E-state index in [0.717, 1.165) is 18.5 Å². The van der Waals surface area contributed by atoms with Crippen molar-refractivity contribution in [2.24, 2.45) is 0 Å². The highest BCUT2D eigenvalue weighted by Crippen LogP contribution is 1.98. The highest BCUT2D eigenvalue weighted by molar-refractivity contribution is 5.91. The molecule has 0 unspecified atom stereocenters. The molecule has 0 spiro atoms. The van der Waals surface area contributed by atoms with Gasteiger partial charge in [0.15, 0.2) is 0 Å². The number of imidazole rings is 1. The van der Waals surface area contributed by atoms with Gasteiger partial charge < -0.3 is 9.88 Å². The molecular formula is C14H16N4O. The molecule has 0 fully saturated rings. The number of hydrogen-bond donors (Lipinski definition) is 1. The Kier molecular flexibility index (Phi) is 4.87. The van der Waals surface area contributed by atoms with Crippen LogP contribution in [0.4, 0.5) is 0 Å². The van der Waals surface area contributed by atoms with E-state index in [9.17, 15) is 4.79 Å². The topological polar surface area (TPSA) is 59.8 Å². The van der Waals surface area contributed by atoms with Crippen molar-refractivity contribution in [3.63, 3.8) is 0 Å². The maximum absolute atomic E-state index is 11.5. The quantitative estimate of drug-likeness (QED) is 0.629. The van der Waals surface area contributed by atoms with Gasteiger partial charge in [0.2, 0.25) is 5.91 Å². The molecule has 0 radical (unpaired) electrons. The zero-order chi connectivity index (χ0) is 13.3. The summed E-state index contributed by atoms with van der Waals surface area (Å²) in [6.07, 6.45) is 13.0. The van der Waals surface area contributed by atoms with Crippen LogP contribution in [-0.2, 0) is 11.3 Å². The molecule has 0 bridgehead atoms. The van der Waals surface area contributed by atoms with Crippen molar-refractivity contribution in [3.8, 4) is 0 Å². The van der Waals surface area contributed by atoms with Crippen LogP contribution in [0.1, 0.15) is 12.0 Å². The molecule has 2 rings (SSSR count). The first kappa shape index (κ1) is 13.0. The molecule has 0 aromatic carbocycles. The van der Waals surface area contributed by atoms with Gasteiger partial charge in [-0.25, -0.2) is 4.98 Å². The van der Waals surface area contributed by atoms with Gasteiger partial charge in [-0.15, -0.1) is 0 Å². The molecule has 0 aliphatic carbocycles. The van der Waals surface area contributed by atoms with E-state index in [1.807, 2.05) is 22.9 Å². The Morgan fingerprint density at radius 1 is 1.26 bits per heavy atom. The Morgan fingerprint density at radius 2 is 2.11 bits per heavy atom. The second-order valence-electron chi connectivity index (χ2n) is 4.06. The number of nitrogens with one attached hydrogen (secondary N) is 1. The third-order valence-electron chi connectivity index (χ3n) is 2.58. The molecule has 2 aromatic rings. The van der Waals surface area contributed by atoms with Crippen molar-refractivity contribution in [2.45, 2.75) is 13.0 Å². The van der Waals surface area contributed by atoms with E-state index in [-0.39, 0.29) is 5.91 Å². The van der Waals surface area contributed by atoms with Gasteiger partial charge in [0, 0.05) is 44.0 Å². The lowest BCUT2D eigenvalue weighted by atomic mass is 10.2. The number of nitrogens with zero attached hydrogens (tertiary/aromatic N) is 3. The third-order valence-corrected chi connectivity index (χ3v) is 2.58. The van der Waals surface area contributed by atoms with Gasteiger partial charge in [0.05, 0.1) is 6.33 Å². The summed E-state index contributed by atoms with van der Waals surface area (Å²) in [6, 6.07) is 3.70. The molecule has 2 aromatic heterocycles. The summed E-state index contributed by atoms with van der Waals surface area (Å²) < 4.78 is 1.99. The molecule has 0 saturated heterocycles. The van der Waals surface area contributed by atoms with Gasteiger partial charge in [-0.1, -0.05) is 0 Å². The maximum Gasteiger partial charge on any atom is 0.244 e. The van der Waals surface area contributed by atoms with Gasteiger partial charge in [-0.05, 0) is 30.2 Å². The number of hydrogen-bond acceptors (Lipinski definition) is 3. The van der Waals surface area contributed by atoms with Crippen LogP contribution in [0.2, 0.25) is 0 Å². The molecule has 5 nitrogen and oxygen atoms in total. The SMILES string of the molecule is O=C(C=Cc1ccncc1)NCCCn1ccnc1. The summed E-state index contributed by atoms with van der Waals surface area (Å²) in [5.41, 5.74) is 0.962. The predicted molar refractivity (Wildman–Crippen MR) is 73.1 cm³/mol. The number of pyridine rings is 1. The van der Waals surface area contributed by atoms with Crippen molar-refractivity contribution in [1.29, 1.82) is 0 Å². The lowest BCUT2D eigenvalue weighted by Crippen LogP contribution is -2.22. The Morgan fingerprint density at radius 3 is 2.84 bits per heavy atom. The van der Waals surface area contributed by atoms with Gasteiger partial charge >= 0.3 is 0 Å². The van der Waals surface area contributed by atoms with Gasteiger partial charge in [-0.2, -0.15) is 0 Å². The van der Waals surface area contributed by atoms with E-state index in [4.69, 9.17) is 0 Å². The van der Waals surface area contributed by atoms with E-state index in [0.29, 0.717) is 6.54 Å². The molecule has 0 saturated carbocycles. The molecule has 98 valence electrons. The monoisotopic (exact) mass is 256 g/mol. The lowest BCUT2D eigenvalue weighted by Gasteiger charge is -2.03. The number of aromatic nitrogens is 3. The minimum absolute atomic E-state index is 0.0811. The first-order valence-corrected chi connectivity index (χ1v) is 6.16. The molecule has 0 aliphatic heterocycles. The standard InChI is InChI=1S/C14H16N4O/c19-14(3-2-13-4-7-15-8-5-13)17-6-1-10-18-11-9-16-12-18/h2-5,7-9,11-12H,1,6,10H2,(H,17,19). The van der Waals surface area contributed by atoms with Crippen molar-refractivity contribution in [2.75, 3.05) is 6.54 Å². The van der Waals surface area contributed by atoms with Crippen LogP contribution in [0.15, 0.2) is 49.3 Å². The molecule has 1 N–H and O–H groups in total. The Hall–Kier alpha value is -2.43. The van der Waals surface area contributed by atoms with Crippen molar-refractivity contribution >= 4 is 12.0 Å². The van der Waals surface area contributed by atoms with Crippen LogP contribution in [0.25, 0.3) is 6.08 Å². The van der Waals surface area contributed by atoms with E-state index in [1.54, 1.807) is 31.0 Å². The molecule has 2 heterocycles. The fraction of sp³-hybridized carbons (Fsp3) is 0.214. The number of amides is 1. The average molecular weight is 256 g/mol. The number of rotatable bonds is 6. The van der Waals surface area contributed by atoms with Gasteiger partial charge in [0.1, 0.15) is 0 Å². The van der Waals surface area contributed by atoms with Crippen LogP contribution < -0.4 is 5.32 Å². The minimum Gasteiger partial charge on any atom is -0.352 e. The van der Waals surface area contributed by atoms with E-state index >= 15 is 0 Å². The highest BCUT2D eigenvalue weighted by atomic mass is 16.1. The molecule has 19 heavy (non-hydrogen) atoms.